The number of carboxylic acids is 1. The molecule has 0 radical (unpaired) electrons. The zero-order chi connectivity index (χ0) is 27.6. The maximum atomic E-state index is 14.1. The van der Waals surface area contributed by atoms with Crippen LogP contribution in [0.15, 0.2) is 54.6 Å². The van der Waals surface area contributed by atoms with Crippen LogP contribution in [0.1, 0.15) is 28.2 Å². The van der Waals surface area contributed by atoms with Gasteiger partial charge in [-0.05, 0) is 48.9 Å². The van der Waals surface area contributed by atoms with Gasteiger partial charge in [-0.1, -0.05) is 23.7 Å². The molecule has 2 aromatic carbocycles. The molecule has 11 heteroatoms. The molecule has 208 valence electrons. The van der Waals surface area contributed by atoms with Gasteiger partial charge in [-0.15, -0.1) is 0 Å². The average Bonchev–Trinajstić information content (AvgIpc) is 3.26. The molecule has 4 aromatic rings. The van der Waals surface area contributed by atoms with Crippen molar-refractivity contribution >= 4 is 40.2 Å². The number of ether oxygens (including phenoxy) is 1. The zero-order valence-corrected chi connectivity index (χ0v) is 22.6. The summed E-state index contributed by atoms with van der Waals surface area (Å²) in [5, 5.41) is 13.1. The highest BCUT2D eigenvalue weighted by Gasteiger charge is 2.25. The van der Waals surface area contributed by atoms with Crippen LogP contribution in [0.5, 0.6) is 0 Å². The van der Waals surface area contributed by atoms with Gasteiger partial charge in [0.1, 0.15) is 23.3 Å². The fourth-order valence-electron chi connectivity index (χ4n) is 5.15. The van der Waals surface area contributed by atoms with Gasteiger partial charge in [0.15, 0.2) is 0 Å². The van der Waals surface area contributed by atoms with Gasteiger partial charge < -0.3 is 24.6 Å². The molecule has 6 rings (SSSR count). The van der Waals surface area contributed by atoms with Gasteiger partial charge in [-0.25, -0.2) is 19.2 Å². The number of anilines is 2. The van der Waals surface area contributed by atoms with E-state index in [0.29, 0.717) is 36.0 Å². The lowest BCUT2D eigenvalue weighted by molar-refractivity contribution is -0.0592. The molecule has 0 unspecified atom stereocenters. The summed E-state index contributed by atoms with van der Waals surface area (Å²) in [4.78, 5) is 25.8. The summed E-state index contributed by atoms with van der Waals surface area (Å²) < 4.78 is 21.9. The van der Waals surface area contributed by atoms with Gasteiger partial charge in [0, 0.05) is 49.9 Å². The topological polar surface area (TPSA) is 95.8 Å². The van der Waals surface area contributed by atoms with Crippen LogP contribution in [0.2, 0.25) is 5.02 Å². The first kappa shape index (κ1) is 26.5. The fraction of sp³-hybridized carbons (Fsp3) is 0.345. The first-order valence-corrected chi connectivity index (χ1v) is 13.8. The van der Waals surface area contributed by atoms with Crippen LogP contribution < -0.4 is 10.2 Å². The molecule has 1 atom stereocenters. The van der Waals surface area contributed by atoms with Crippen LogP contribution in [0.3, 0.4) is 0 Å². The van der Waals surface area contributed by atoms with Crippen molar-refractivity contribution in [1.82, 2.24) is 19.4 Å². The highest BCUT2D eigenvalue weighted by molar-refractivity contribution is 6.30. The summed E-state index contributed by atoms with van der Waals surface area (Å²) in [7, 11) is 0. The number of hydrogen-bond donors (Lipinski definition) is 2. The Morgan fingerprint density at radius 3 is 2.65 bits per heavy atom. The number of imidazole rings is 1. The van der Waals surface area contributed by atoms with E-state index in [2.05, 4.69) is 19.7 Å². The molecule has 0 saturated carbocycles. The van der Waals surface area contributed by atoms with Crippen LogP contribution >= 0.6 is 11.6 Å². The number of fused-ring (bicyclic) bond motifs is 1. The Bertz CT molecular complexity index is 1530. The van der Waals surface area contributed by atoms with Crippen LogP contribution in [0.4, 0.5) is 16.0 Å². The van der Waals surface area contributed by atoms with Gasteiger partial charge in [0.25, 0.3) is 0 Å². The molecule has 0 amide bonds. The largest absolute Gasteiger partial charge is 0.478 e. The minimum absolute atomic E-state index is 0.129. The average molecular weight is 565 g/mol. The molecule has 0 aliphatic carbocycles. The van der Waals surface area contributed by atoms with Crippen molar-refractivity contribution in [3.8, 4) is 0 Å². The number of halogens is 2. The molecule has 40 heavy (non-hydrogen) atoms. The number of rotatable bonds is 9. The SMILES string of the molecule is O=C(O)c1ccc2nc(CN3CCN(c4cccc(NCc5ccc(Cl)cc5F)n4)CC3)n(C[C@@H]3CCO3)c2c1. The normalized spacial score (nSPS) is 17.6. The Hall–Kier alpha value is -3.73. The monoisotopic (exact) mass is 564 g/mol. The quantitative estimate of drug-likeness (QED) is 0.303. The Kier molecular flexibility index (Phi) is 7.55. The highest BCUT2D eigenvalue weighted by atomic mass is 35.5. The number of benzene rings is 2. The van der Waals surface area contributed by atoms with Gasteiger partial charge in [-0.2, -0.15) is 0 Å². The lowest BCUT2D eigenvalue weighted by Crippen LogP contribution is -2.46. The van der Waals surface area contributed by atoms with Gasteiger partial charge in [0.05, 0.1) is 35.8 Å². The maximum absolute atomic E-state index is 14.1. The van der Waals surface area contributed by atoms with Crippen molar-refractivity contribution in [2.75, 3.05) is 43.0 Å². The minimum Gasteiger partial charge on any atom is -0.478 e. The van der Waals surface area contributed by atoms with E-state index >= 15 is 0 Å². The molecule has 2 aliphatic heterocycles. The minimum atomic E-state index is -0.947. The molecular weight excluding hydrogens is 535 g/mol. The third-order valence-electron chi connectivity index (χ3n) is 7.52. The van der Waals surface area contributed by atoms with Crippen molar-refractivity contribution in [2.24, 2.45) is 0 Å². The summed E-state index contributed by atoms with van der Waals surface area (Å²) >= 11 is 5.86. The first-order valence-electron chi connectivity index (χ1n) is 13.4. The summed E-state index contributed by atoms with van der Waals surface area (Å²) in [5.74, 6) is 1.18. The van der Waals surface area contributed by atoms with E-state index in [4.69, 9.17) is 26.3 Å². The van der Waals surface area contributed by atoms with E-state index in [1.165, 1.54) is 6.07 Å². The second-order valence-corrected chi connectivity index (χ2v) is 10.6. The number of aromatic nitrogens is 3. The van der Waals surface area contributed by atoms with Crippen molar-refractivity contribution < 1.29 is 19.0 Å². The smallest absolute Gasteiger partial charge is 0.335 e. The summed E-state index contributed by atoms with van der Waals surface area (Å²) in [6, 6.07) is 15.6. The second kappa shape index (κ2) is 11.4. The van der Waals surface area contributed by atoms with Crippen molar-refractivity contribution in [1.29, 1.82) is 0 Å². The van der Waals surface area contributed by atoms with Gasteiger partial charge >= 0.3 is 5.97 Å². The first-order chi connectivity index (χ1) is 19.4. The fourth-order valence-corrected chi connectivity index (χ4v) is 5.30. The Labute approximate surface area is 236 Å². The molecule has 2 saturated heterocycles. The maximum Gasteiger partial charge on any atom is 0.335 e. The zero-order valence-electron chi connectivity index (χ0n) is 21.9. The molecule has 4 heterocycles. The molecule has 2 N–H and O–H groups in total. The molecule has 2 fully saturated rings. The van der Waals surface area contributed by atoms with Gasteiger partial charge in [0.2, 0.25) is 0 Å². The van der Waals surface area contributed by atoms with Crippen LogP contribution in [0, 0.1) is 5.82 Å². The predicted molar refractivity (Wildman–Crippen MR) is 152 cm³/mol. The van der Waals surface area contributed by atoms with Crippen LogP contribution in [-0.2, 0) is 24.4 Å². The van der Waals surface area contributed by atoms with E-state index in [-0.39, 0.29) is 17.5 Å². The third kappa shape index (κ3) is 5.74. The van der Waals surface area contributed by atoms with E-state index in [0.717, 1.165) is 61.9 Å². The Morgan fingerprint density at radius 1 is 1.10 bits per heavy atom. The Balaban J connectivity index is 1.11. The molecule has 2 aliphatic rings. The third-order valence-corrected chi connectivity index (χ3v) is 7.76. The standard InChI is InChI=1S/C29H30ClFN6O3/c30-21-6-4-20(23(31)15-21)16-32-26-2-1-3-27(34-26)36-11-9-35(10-12-36)18-28-33-24-7-5-19(29(38)39)14-25(24)37(28)17-22-8-13-40-22/h1-7,14-15,22H,8-13,16-18H2,(H,32,34)(H,38,39)/t22-/m0/s1. The molecule has 9 nitrogen and oxygen atoms in total. The molecule has 2 aromatic heterocycles. The number of hydrogen-bond acceptors (Lipinski definition) is 7. The number of carboxylic acid groups (broad SMARTS) is 1. The van der Waals surface area contributed by atoms with E-state index in [1.54, 1.807) is 30.3 Å². The van der Waals surface area contributed by atoms with Gasteiger partial charge in [-0.3, -0.25) is 4.90 Å². The summed E-state index contributed by atoms with van der Waals surface area (Å²) in [6.45, 7) is 5.68. The van der Waals surface area contributed by atoms with Crippen molar-refractivity contribution in [2.45, 2.75) is 32.2 Å². The number of nitrogens with zero attached hydrogens (tertiary/aromatic N) is 5. The molecule has 0 spiro atoms. The highest BCUT2D eigenvalue weighted by Crippen LogP contribution is 2.24. The van der Waals surface area contributed by atoms with E-state index < -0.39 is 5.97 Å². The Morgan fingerprint density at radius 2 is 1.93 bits per heavy atom. The van der Waals surface area contributed by atoms with Crippen LogP contribution in [-0.4, -0.2) is 69.4 Å². The molecular formula is C29H30ClFN6O3. The van der Waals surface area contributed by atoms with Crippen molar-refractivity contribution in [3.05, 3.63) is 82.4 Å². The lowest BCUT2D eigenvalue weighted by Gasteiger charge is -2.35. The summed E-state index contributed by atoms with van der Waals surface area (Å²) in [6.07, 6.45) is 1.12. The molecule has 0 bridgehead atoms. The lowest BCUT2D eigenvalue weighted by atomic mass is 10.1. The van der Waals surface area contributed by atoms with E-state index in [9.17, 15) is 14.3 Å². The number of pyridine rings is 1. The number of nitrogens with one attached hydrogen (secondary N) is 1. The van der Waals surface area contributed by atoms with Crippen molar-refractivity contribution in [3.63, 3.8) is 0 Å². The summed E-state index contributed by atoms with van der Waals surface area (Å²) in [5.41, 5.74) is 2.41. The predicted octanol–water partition coefficient (Wildman–Crippen LogP) is 4.65. The number of piperazine rings is 1. The number of aromatic carboxylic acids is 1. The van der Waals surface area contributed by atoms with Crippen LogP contribution in [0.25, 0.3) is 11.0 Å². The second-order valence-electron chi connectivity index (χ2n) is 10.2. The number of carbonyl (C=O) groups is 1. The van der Waals surface area contributed by atoms with E-state index in [1.807, 2.05) is 18.2 Å².